The number of piperazine rings is 1. The molecule has 1 aromatic carbocycles. The molecule has 1 saturated heterocycles. The normalized spacial score (nSPS) is 16.0. The van der Waals surface area contributed by atoms with Gasteiger partial charge < -0.3 is 9.88 Å². The summed E-state index contributed by atoms with van der Waals surface area (Å²) in [7, 11) is 0. The maximum Gasteiger partial charge on any atom is 0.157 e. The molecule has 24 heavy (non-hydrogen) atoms. The van der Waals surface area contributed by atoms with Crippen LogP contribution in [0.1, 0.15) is 6.92 Å². The summed E-state index contributed by atoms with van der Waals surface area (Å²) in [6.45, 7) is 6.40. The summed E-state index contributed by atoms with van der Waals surface area (Å²) in [5.41, 5.74) is 2.92. The number of aromatic nitrogens is 3. The quantitative estimate of drug-likeness (QED) is 0.738. The molecule has 3 aromatic rings. The molecule has 4 rings (SSSR count). The van der Waals surface area contributed by atoms with Crippen LogP contribution in [0.5, 0.6) is 0 Å². The number of hydrogen-bond acceptors (Lipinski definition) is 5. The fourth-order valence-electron chi connectivity index (χ4n) is 3.03. The minimum absolute atomic E-state index is 0.832. The lowest BCUT2D eigenvalue weighted by Gasteiger charge is -2.34. The van der Waals surface area contributed by atoms with E-state index in [1.807, 2.05) is 42.3 Å². The predicted molar refractivity (Wildman–Crippen MR) is 101 cm³/mol. The molecule has 0 saturated carbocycles. The number of benzene rings is 1. The van der Waals surface area contributed by atoms with Gasteiger partial charge in [0.05, 0.1) is 11.0 Å². The lowest BCUT2D eigenvalue weighted by molar-refractivity contribution is 0.428. The third-order valence-corrected chi connectivity index (χ3v) is 5.23. The molecule has 1 N–H and O–H groups in total. The molecule has 1 aliphatic rings. The van der Waals surface area contributed by atoms with Crippen LogP contribution in [-0.4, -0.2) is 51.2 Å². The third kappa shape index (κ3) is 3.12. The highest BCUT2D eigenvalue weighted by molar-refractivity contribution is 7.96. The second-order valence-electron chi connectivity index (χ2n) is 5.82. The van der Waals surface area contributed by atoms with Gasteiger partial charge in [0.2, 0.25) is 0 Å². The Bertz CT molecular complexity index is 790. The maximum atomic E-state index is 4.84. The summed E-state index contributed by atoms with van der Waals surface area (Å²) in [5.74, 6) is 3.01. The molecule has 3 heterocycles. The number of fused-ring (bicyclic) bond motifs is 1. The average Bonchev–Trinajstić information content (AvgIpc) is 3.07. The minimum Gasteiger partial charge on any atom is -0.354 e. The molecular formula is C18H21N5S. The average molecular weight is 339 g/mol. The van der Waals surface area contributed by atoms with E-state index in [-0.39, 0.29) is 0 Å². The van der Waals surface area contributed by atoms with Crippen molar-refractivity contribution in [2.75, 3.05) is 36.8 Å². The Balaban J connectivity index is 1.55. The summed E-state index contributed by atoms with van der Waals surface area (Å²) in [5, 5.41) is 0. The van der Waals surface area contributed by atoms with Crippen molar-refractivity contribution in [3.05, 3.63) is 42.5 Å². The number of H-pyrrole nitrogens is 1. The molecule has 0 bridgehead atoms. The van der Waals surface area contributed by atoms with Gasteiger partial charge in [0, 0.05) is 31.9 Å². The number of pyridine rings is 1. The largest absolute Gasteiger partial charge is 0.354 e. The number of nitrogens with one attached hydrogen (secondary N) is 1. The Morgan fingerprint density at radius 1 is 1.00 bits per heavy atom. The van der Waals surface area contributed by atoms with Gasteiger partial charge in [-0.2, -0.15) is 0 Å². The number of aromatic amines is 1. The summed E-state index contributed by atoms with van der Waals surface area (Å²) in [6, 6.07) is 14.3. The monoisotopic (exact) mass is 339 g/mol. The van der Waals surface area contributed by atoms with Crippen LogP contribution < -0.4 is 4.90 Å². The van der Waals surface area contributed by atoms with Gasteiger partial charge in [-0.3, -0.25) is 0 Å². The predicted octanol–water partition coefficient (Wildman–Crippen LogP) is 3.42. The van der Waals surface area contributed by atoms with Gasteiger partial charge in [-0.15, -0.1) is 0 Å². The van der Waals surface area contributed by atoms with Gasteiger partial charge in [0.25, 0.3) is 0 Å². The molecule has 6 heteroatoms. The van der Waals surface area contributed by atoms with Crippen LogP contribution in [0.3, 0.4) is 0 Å². The van der Waals surface area contributed by atoms with Crippen molar-refractivity contribution in [3.63, 3.8) is 0 Å². The molecule has 0 aliphatic carbocycles. The van der Waals surface area contributed by atoms with E-state index in [2.05, 4.69) is 38.2 Å². The van der Waals surface area contributed by atoms with Crippen molar-refractivity contribution in [2.24, 2.45) is 0 Å². The Morgan fingerprint density at radius 3 is 2.62 bits per heavy atom. The topological polar surface area (TPSA) is 48.0 Å². The summed E-state index contributed by atoms with van der Waals surface area (Å²) in [4.78, 5) is 15.2. The zero-order chi connectivity index (χ0) is 16.4. The molecular weight excluding hydrogens is 318 g/mol. The lowest BCUT2D eigenvalue weighted by Crippen LogP contribution is -2.43. The highest BCUT2D eigenvalue weighted by Crippen LogP contribution is 2.23. The van der Waals surface area contributed by atoms with Gasteiger partial charge in [-0.25, -0.2) is 14.3 Å². The van der Waals surface area contributed by atoms with E-state index in [4.69, 9.17) is 4.98 Å². The first-order valence-corrected chi connectivity index (χ1v) is 9.33. The van der Waals surface area contributed by atoms with E-state index in [9.17, 15) is 0 Å². The van der Waals surface area contributed by atoms with Gasteiger partial charge in [0.15, 0.2) is 5.82 Å². The molecule has 0 spiro atoms. The van der Waals surface area contributed by atoms with Crippen molar-refractivity contribution in [3.8, 4) is 11.5 Å². The van der Waals surface area contributed by atoms with Crippen molar-refractivity contribution in [1.82, 2.24) is 19.3 Å². The molecule has 0 atom stereocenters. The van der Waals surface area contributed by atoms with Crippen LogP contribution in [0.15, 0.2) is 42.5 Å². The molecule has 0 amide bonds. The van der Waals surface area contributed by atoms with Crippen LogP contribution in [0.2, 0.25) is 0 Å². The van der Waals surface area contributed by atoms with E-state index in [1.165, 1.54) is 0 Å². The molecule has 2 aromatic heterocycles. The fraction of sp³-hybridized carbons (Fsp3) is 0.333. The zero-order valence-electron chi connectivity index (χ0n) is 13.8. The standard InChI is InChI=1S/C18H21N5S/c1-2-24-23-12-10-22(11-13-23)17-9-5-8-16(19-17)18-20-14-6-3-4-7-15(14)21-18/h3-9H,2,10-13H2,1H3,(H,20,21). The van der Waals surface area contributed by atoms with E-state index in [0.29, 0.717) is 0 Å². The minimum atomic E-state index is 0.832. The van der Waals surface area contributed by atoms with E-state index in [1.54, 1.807) is 0 Å². The fourth-order valence-corrected chi connectivity index (χ4v) is 3.82. The van der Waals surface area contributed by atoms with Crippen LogP contribution in [0, 0.1) is 0 Å². The van der Waals surface area contributed by atoms with Gasteiger partial charge in [0.1, 0.15) is 11.5 Å². The lowest BCUT2D eigenvalue weighted by atomic mass is 10.3. The van der Waals surface area contributed by atoms with Crippen LogP contribution in [0.25, 0.3) is 22.6 Å². The second kappa shape index (κ2) is 6.83. The van der Waals surface area contributed by atoms with E-state index < -0.39 is 0 Å². The molecule has 5 nitrogen and oxygen atoms in total. The highest BCUT2D eigenvalue weighted by atomic mass is 32.2. The first kappa shape index (κ1) is 15.5. The second-order valence-corrected chi connectivity index (χ2v) is 7.17. The van der Waals surface area contributed by atoms with Crippen molar-refractivity contribution in [1.29, 1.82) is 0 Å². The molecule has 124 valence electrons. The van der Waals surface area contributed by atoms with Crippen LogP contribution >= 0.6 is 11.9 Å². The molecule has 1 aliphatic heterocycles. The van der Waals surface area contributed by atoms with Crippen molar-refractivity contribution in [2.45, 2.75) is 6.92 Å². The third-order valence-electron chi connectivity index (χ3n) is 4.24. The van der Waals surface area contributed by atoms with Gasteiger partial charge >= 0.3 is 0 Å². The van der Waals surface area contributed by atoms with Crippen LogP contribution in [0.4, 0.5) is 5.82 Å². The Kier molecular flexibility index (Phi) is 4.40. The summed E-state index contributed by atoms with van der Waals surface area (Å²) >= 11 is 1.92. The summed E-state index contributed by atoms with van der Waals surface area (Å²) < 4.78 is 2.44. The van der Waals surface area contributed by atoms with Gasteiger partial charge in [-0.05, 0) is 24.3 Å². The number of imidazole rings is 1. The number of hydrogen-bond donors (Lipinski definition) is 1. The molecule has 0 radical (unpaired) electrons. The Labute approximate surface area is 146 Å². The molecule has 0 unspecified atom stereocenters. The smallest absolute Gasteiger partial charge is 0.157 e. The first-order valence-electron chi connectivity index (χ1n) is 8.38. The van der Waals surface area contributed by atoms with Crippen LogP contribution in [-0.2, 0) is 0 Å². The Hall–Kier alpha value is -2.05. The number of para-hydroxylation sites is 2. The van der Waals surface area contributed by atoms with Crippen molar-refractivity contribution >= 4 is 28.8 Å². The Morgan fingerprint density at radius 2 is 1.83 bits per heavy atom. The number of nitrogens with zero attached hydrogens (tertiary/aromatic N) is 4. The van der Waals surface area contributed by atoms with Gasteiger partial charge in [-0.1, -0.05) is 37.1 Å². The van der Waals surface area contributed by atoms with E-state index >= 15 is 0 Å². The number of anilines is 1. The number of rotatable bonds is 4. The SMILES string of the molecule is CCSN1CCN(c2cccc(-c3nc4ccccc4[nH]3)n2)CC1. The maximum absolute atomic E-state index is 4.84. The summed E-state index contributed by atoms with van der Waals surface area (Å²) in [6.07, 6.45) is 0. The zero-order valence-corrected chi connectivity index (χ0v) is 14.6. The highest BCUT2D eigenvalue weighted by Gasteiger charge is 2.18. The van der Waals surface area contributed by atoms with Crippen molar-refractivity contribution < 1.29 is 0 Å². The van der Waals surface area contributed by atoms with E-state index in [0.717, 1.165) is 60.3 Å². The molecule has 1 fully saturated rings. The first-order chi connectivity index (χ1) is 11.8.